The first-order valence-corrected chi connectivity index (χ1v) is 10.7. The van der Waals surface area contributed by atoms with Gasteiger partial charge in [0.1, 0.15) is 4.83 Å². The van der Waals surface area contributed by atoms with Gasteiger partial charge in [-0.15, -0.1) is 11.3 Å². The Morgan fingerprint density at radius 2 is 2.30 bits per heavy atom. The summed E-state index contributed by atoms with van der Waals surface area (Å²) < 4.78 is 4.76. The number of hydrogen-bond donors (Lipinski definition) is 1. The van der Waals surface area contributed by atoms with Gasteiger partial charge >= 0.3 is 5.97 Å². The van der Waals surface area contributed by atoms with Crippen molar-refractivity contribution in [3.63, 3.8) is 0 Å². The Balaban J connectivity index is 1.58. The molecular weight excluding hydrogens is 380 g/mol. The van der Waals surface area contributed by atoms with Gasteiger partial charge in [-0.1, -0.05) is 30.8 Å². The molecule has 1 aromatic carbocycles. The number of hydrogen-bond acceptors (Lipinski definition) is 6. The number of nitrogens with zero attached hydrogens (tertiary/aromatic N) is 1. The fourth-order valence-electron chi connectivity index (χ4n) is 3.46. The molecule has 2 aromatic heterocycles. The third-order valence-electron chi connectivity index (χ3n) is 4.87. The molecule has 0 radical (unpaired) electrons. The van der Waals surface area contributed by atoms with Gasteiger partial charge in [0.25, 0.3) is 5.56 Å². The minimum absolute atomic E-state index is 0.0436. The molecular formula is C20H20N2O3S2. The van der Waals surface area contributed by atoms with Gasteiger partial charge in [-0.2, -0.15) is 0 Å². The highest BCUT2D eigenvalue weighted by atomic mass is 32.2. The molecule has 0 aliphatic heterocycles. The van der Waals surface area contributed by atoms with Crippen LogP contribution in [0.3, 0.4) is 0 Å². The number of esters is 1. The minimum atomic E-state index is -0.354. The Kier molecular flexibility index (Phi) is 5.06. The smallest absolute Gasteiger partial charge is 0.337 e. The van der Waals surface area contributed by atoms with Gasteiger partial charge < -0.3 is 9.72 Å². The molecule has 5 nitrogen and oxygen atoms in total. The molecule has 2 heterocycles. The lowest BCUT2D eigenvalue weighted by Gasteiger charge is -2.17. The summed E-state index contributed by atoms with van der Waals surface area (Å²) in [7, 11) is 1.37. The monoisotopic (exact) mass is 400 g/mol. The van der Waals surface area contributed by atoms with E-state index in [4.69, 9.17) is 4.74 Å². The molecule has 0 saturated heterocycles. The quantitative estimate of drug-likeness (QED) is 0.404. The van der Waals surface area contributed by atoms with E-state index in [1.807, 2.05) is 12.1 Å². The molecule has 0 spiro atoms. The molecule has 0 saturated carbocycles. The lowest BCUT2D eigenvalue weighted by molar-refractivity contribution is 0.0600. The molecule has 4 rings (SSSR count). The van der Waals surface area contributed by atoms with Crippen molar-refractivity contribution in [3.05, 3.63) is 56.2 Å². The fraction of sp³-hybridized carbons (Fsp3) is 0.350. The lowest BCUT2D eigenvalue weighted by Crippen LogP contribution is -2.13. The van der Waals surface area contributed by atoms with Crippen molar-refractivity contribution in [2.75, 3.05) is 7.11 Å². The summed E-state index contributed by atoms with van der Waals surface area (Å²) in [6.07, 6.45) is 3.14. The first-order chi connectivity index (χ1) is 13.0. The zero-order valence-corrected chi connectivity index (χ0v) is 16.8. The zero-order valence-electron chi connectivity index (χ0n) is 15.2. The summed E-state index contributed by atoms with van der Waals surface area (Å²) in [6.45, 7) is 2.26. The molecule has 0 unspecified atom stereocenters. The van der Waals surface area contributed by atoms with Gasteiger partial charge in [-0.05, 0) is 48.4 Å². The van der Waals surface area contributed by atoms with Crippen molar-refractivity contribution >= 4 is 39.3 Å². The Hall–Kier alpha value is -2.12. The van der Waals surface area contributed by atoms with Gasteiger partial charge in [0.2, 0.25) is 0 Å². The van der Waals surface area contributed by atoms with Crippen LogP contribution in [0.15, 0.2) is 34.2 Å². The van der Waals surface area contributed by atoms with Gasteiger partial charge in [-0.25, -0.2) is 9.78 Å². The number of benzene rings is 1. The van der Waals surface area contributed by atoms with Crippen LogP contribution in [0.2, 0.25) is 0 Å². The van der Waals surface area contributed by atoms with E-state index < -0.39 is 0 Å². The lowest BCUT2D eigenvalue weighted by atomic mass is 9.89. The highest BCUT2D eigenvalue weighted by molar-refractivity contribution is 7.98. The van der Waals surface area contributed by atoms with Gasteiger partial charge in [0, 0.05) is 10.6 Å². The number of aromatic amines is 1. The Morgan fingerprint density at radius 3 is 3.11 bits per heavy atom. The average molecular weight is 401 g/mol. The number of carbonyl (C=O) groups is 1. The SMILES string of the molecule is COC(=O)c1cccc(CSc2nc3sc4c(c3c(=O)[nH]2)CC[C@@H](C)C4)c1. The van der Waals surface area contributed by atoms with E-state index in [2.05, 4.69) is 16.9 Å². The van der Waals surface area contributed by atoms with Crippen LogP contribution in [0.4, 0.5) is 0 Å². The molecule has 140 valence electrons. The van der Waals surface area contributed by atoms with Gasteiger partial charge in [0.15, 0.2) is 5.16 Å². The summed E-state index contributed by atoms with van der Waals surface area (Å²) >= 11 is 3.12. The second kappa shape index (κ2) is 7.48. The molecule has 1 aliphatic rings. The number of thiophene rings is 1. The maximum Gasteiger partial charge on any atom is 0.337 e. The summed E-state index contributed by atoms with van der Waals surface area (Å²) in [5, 5.41) is 1.39. The molecule has 0 fully saturated rings. The molecule has 27 heavy (non-hydrogen) atoms. The number of thioether (sulfide) groups is 1. The molecule has 1 aliphatic carbocycles. The predicted octanol–water partition coefficient (Wildman–Crippen LogP) is 4.19. The Morgan fingerprint density at radius 1 is 1.44 bits per heavy atom. The zero-order chi connectivity index (χ0) is 19.0. The third kappa shape index (κ3) is 3.66. The Bertz CT molecular complexity index is 1070. The van der Waals surface area contributed by atoms with Crippen LogP contribution in [0, 0.1) is 5.92 Å². The number of aromatic nitrogens is 2. The first kappa shape index (κ1) is 18.3. The van der Waals surface area contributed by atoms with E-state index in [0.717, 1.165) is 35.0 Å². The summed E-state index contributed by atoms with van der Waals surface area (Å²) in [6, 6.07) is 7.31. The van der Waals surface area contributed by atoms with Crippen LogP contribution in [0.5, 0.6) is 0 Å². The van der Waals surface area contributed by atoms with E-state index >= 15 is 0 Å². The van der Waals surface area contributed by atoms with Crippen LogP contribution >= 0.6 is 23.1 Å². The molecule has 0 bridgehead atoms. The second-order valence-electron chi connectivity index (χ2n) is 6.88. The maximum atomic E-state index is 12.6. The van der Waals surface area contributed by atoms with Crippen molar-refractivity contribution in [2.24, 2.45) is 5.92 Å². The van der Waals surface area contributed by atoms with E-state index in [1.165, 1.54) is 29.3 Å². The molecule has 0 amide bonds. The maximum absolute atomic E-state index is 12.6. The molecule has 7 heteroatoms. The number of methoxy groups -OCH3 is 1. The highest BCUT2D eigenvalue weighted by Crippen LogP contribution is 2.36. The van der Waals surface area contributed by atoms with E-state index in [-0.39, 0.29) is 11.5 Å². The van der Waals surface area contributed by atoms with Crippen molar-refractivity contribution in [1.29, 1.82) is 0 Å². The summed E-state index contributed by atoms with van der Waals surface area (Å²) in [5.41, 5.74) is 2.65. The van der Waals surface area contributed by atoms with Crippen molar-refractivity contribution in [2.45, 2.75) is 37.1 Å². The largest absolute Gasteiger partial charge is 0.465 e. The van der Waals surface area contributed by atoms with E-state index in [1.54, 1.807) is 23.5 Å². The number of fused-ring (bicyclic) bond motifs is 3. The molecule has 1 N–H and O–H groups in total. The number of carbonyl (C=O) groups excluding carboxylic acids is 1. The van der Waals surface area contributed by atoms with Crippen LogP contribution in [-0.4, -0.2) is 23.0 Å². The fourth-order valence-corrected chi connectivity index (χ4v) is 5.70. The molecule has 3 aromatic rings. The normalized spacial score (nSPS) is 16.3. The average Bonchev–Trinajstić information content (AvgIpc) is 3.03. The van der Waals surface area contributed by atoms with Crippen molar-refractivity contribution in [3.8, 4) is 0 Å². The third-order valence-corrected chi connectivity index (χ3v) is 6.96. The van der Waals surface area contributed by atoms with Crippen molar-refractivity contribution in [1.82, 2.24) is 9.97 Å². The van der Waals surface area contributed by atoms with Crippen LogP contribution in [0.25, 0.3) is 10.2 Å². The summed E-state index contributed by atoms with van der Waals surface area (Å²) in [5.74, 6) is 0.926. The van der Waals surface area contributed by atoms with Gasteiger partial charge in [-0.3, -0.25) is 4.79 Å². The number of H-pyrrole nitrogens is 1. The minimum Gasteiger partial charge on any atom is -0.465 e. The van der Waals surface area contributed by atoms with Crippen LogP contribution in [-0.2, 0) is 23.3 Å². The van der Waals surface area contributed by atoms with Crippen LogP contribution in [0.1, 0.15) is 39.7 Å². The first-order valence-electron chi connectivity index (χ1n) is 8.89. The van der Waals surface area contributed by atoms with E-state index in [9.17, 15) is 9.59 Å². The second-order valence-corrected chi connectivity index (χ2v) is 8.93. The topological polar surface area (TPSA) is 72.0 Å². The predicted molar refractivity (Wildman–Crippen MR) is 109 cm³/mol. The van der Waals surface area contributed by atoms with E-state index in [0.29, 0.717) is 22.4 Å². The highest BCUT2D eigenvalue weighted by Gasteiger charge is 2.23. The number of aryl methyl sites for hydroxylation is 1. The number of nitrogens with one attached hydrogen (secondary N) is 1. The van der Waals surface area contributed by atoms with Crippen LogP contribution < -0.4 is 5.56 Å². The van der Waals surface area contributed by atoms with Gasteiger partial charge in [0.05, 0.1) is 18.1 Å². The van der Waals surface area contributed by atoms with Crippen molar-refractivity contribution < 1.29 is 9.53 Å². The summed E-state index contributed by atoms with van der Waals surface area (Å²) in [4.78, 5) is 34.1. The Labute approximate surface area is 165 Å². The molecule has 1 atom stereocenters. The number of ether oxygens (including phenoxy) is 1. The number of rotatable bonds is 4. The standard InChI is InChI=1S/C20H20N2O3S2/c1-11-6-7-14-15(8-11)27-18-16(14)17(23)21-20(22-18)26-10-12-4-3-5-13(9-12)19(24)25-2/h3-5,9,11H,6-8,10H2,1-2H3,(H,21,22,23)/t11-/m1/s1.